The molecule has 0 aromatic rings. The van der Waals surface area contributed by atoms with Crippen LogP contribution in [0.4, 0.5) is 0 Å². The van der Waals surface area contributed by atoms with Crippen LogP contribution in [0.15, 0.2) is 0 Å². The van der Waals surface area contributed by atoms with Crippen molar-refractivity contribution in [2.45, 2.75) is 150 Å². The lowest BCUT2D eigenvalue weighted by Crippen LogP contribution is -2.28. The largest absolute Gasteiger partial charge is 0.394 e. The van der Waals surface area contributed by atoms with Crippen molar-refractivity contribution in [1.82, 2.24) is 0 Å². The Morgan fingerprint density at radius 1 is 0.469 bits per heavy atom. The van der Waals surface area contributed by atoms with Crippen molar-refractivity contribution in [3.05, 3.63) is 0 Å². The van der Waals surface area contributed by atoms with E-state index in [0.29, 0.717) is 46.2 Å². The number of hydrogen-bond acceptors (Lipinski definition) is 12. The summed E-state index contributed by atoms with van der Waals surface area (Å²) in [6.45, 7) is 29.2. The minimum Gasteiger partial charge on any atom is -0.394 e. The summed E-state index contributed by atoms with van der Waals surface area (Å²) < 4.78 is 57.7. The van der Waals surface area contributed by atoms with E-state index in [-0.39, 0.29) is 61.0 Å². The summed E-state index contributed by atoms with van der Waals surface area (Å²) in [6.07, 6.45) is 3.21. The lowest BCUT2D eigenvalue weighted by molar-refractivity contribution is -0.0831. The van der Waals surface area contributed by atoms with Crippen LogP contribution in [-0.4, -0.2) is 155 Å². The first-order valence-electron chi connectivity index (χ1n) is 17.8. The molecule has 0 aromatic carbocycles. The van der Waals surface area contributed by atoms with Crippen LogP contribution in [0.5, 0.6) is 0 Å². The lowest BCUT2D eigenvalue weighted by atomic mass is 10.2. The van der Waals surface area contributed by atoms with Crippen LogP contribution in [0, 0.1) is 0 Å². The van der Waals surface area contributed by atoms with Crippen LogP contribution >= 0.6 is 0 Å². The van der Waals surface area contributed by atoms with Crippen LogP contribution in [0.2, 0.25) is 0 Å². The molecular weight excluding hydrogens is 636 g/mol. The van der Waals surface area contributed by atoms with E-state index >= 15 is 0 Å². The van der Waals surface area contributed by atoms with Gasteiger partial charge in [-0.25, -0.2) is 0 Å². The van der Waals surface area contributed by atoms with E-state index in [1.807, 2.05) is 76.2 Å². The second-order valence-corrected chi connectivity index (χ2v) is 13.3. The summed E-state index contributed by atoms with van der Waals surface area (Å²) in [5.74, 6) is 0. The molecule has 0 rings (SSSR count). The van der Waals surface area contributed by atoms with Gasteiger partial charge in [-0.3, -0.25) is 0 Å². The molecule has 0 aliphatic carbocycles. The minimum atomic E-state index is -0.0928. The predicted octanol–water partition coefficient (Wildman–Crippen LogP) is 5.98. The van der Waals surface area contributed by atoms with Crippen molar-refractivity contribution in [3.63, 3.8) is 0 Å². The summed E-state index contributed by atoms with van der Waals surface area (Å²) in [6, 6.07) is 0. The number of methoxy groups -OCH3 is 5. The smallest absolute Gasteiger partial charge is 0.0782 e. The van der Waals surface area contributed by atoms with Gasteiger partial charge < -0.3 is 57.2 Å². The first-order chi connectivity index (χ1) is 23.0. The Morgan fingerprint density at radius 3 is 1.12 bits per heavy atom. The highest BCUT2D eigenvalue weighted by atomic mass is 16.6. The fourth-order valence-electron chi connectivity index (χ4n) is 2.77. The van der Waals surface area contributed by atoms with Gasteiger partial charge in [-0.15, -0.1) is 0 Å². The highest BCUT2D eigenvalue weighted by Crippen LogP contribution is 2.08. The third-order valence-electron chi connectivity index (χ3n) is 6.48. The first-order valence-corrected chi connectivity index (χ1v) is 17.8. The second kappa shape index (κ2) is 38.7. The first kappa shape index (κ1) is 55.3. The highest BCUT2D eigenvalue weighted by Gasteiger charge is 2.13. The number of unbranched alkanes of at least 4 members (excludes halogenated alkanes) is 1. The fourth-order valence-corrected chi connectivity index (χ4v) is 2.77. The van der Waals surface area contributed by atoms with E-state index in [0.717, 1.165) is 13.0 Å². The average molecular weight is 719 g/mol. The van der Waals surface area contributed by atoms with Crippen molar-refractivity contribution >= 4 is 0 Å². The zero-order valence-corrected chi connectivity index (χ0v) is 34.8. The van der Waals surface area contributed by atoms with Gasteiger partial charge in [-0.05, 0) is 82.6 Å². The molecule has 0 fully saturated rings. The van der Waals surface area contributed by atoms with Gasteiger partial charge in [0.15, 0.2) is 0 Å². The van der Waals surface area contributed by atoms with Crippen LogP contribution in [-0.2, 0) is 52.1 Å². The molecule has 0 aliphatic rings. The molecule has 12 heteroatoms. The van der Waals surface area contributed by atoms with Gasteiger partial charge in [0.2, 0.25) is 0 Å². The number of aliphatic hydroxyl groups excluding tert-OH is 1. The van der Waals surface area contributed by atoms with Crippen molar-refractivity contribution in [2.75, 3.05) is 95.0 Å². The topological polar surface area (TPSA) is 122 Å². The van der Waals surface area contributed by atoms with E-state index in [1.165, 1.54) is 6.42 Å². The Bertz CT molecular complexity index is 613. The van der Waals surface area contributed by atoms with Gasteiger partial charge >= 0.3 is 0 Å². The molecule has 8 unspecified atom stereocenters. The maximum Gasteiger partial charge on any atom is 0.0782 e. The quantitative estimate of drug-likeness (QED) is 0.106. The average Bonchev–Trinajstić information content (AvgIpc) is 3.08. The molecule has 0 spiro atoms. The highest BCUT2D eigenvalue weighted by molar-refractivity contribution is 4.61. The van der Waals surface area contributed by atoms with Gasteiger partial charge in [0, 0.05) is 42.2 Å². The molecule has 1 N–H and O–H groups in total. The number of ether oxygens (including phenoxy) is 11. The summed E-state index contributed by atoms with van der Waals surface area (Å²) >= 11 is 0. The Kier molecular flexibility index (Phi) is 43.7. The molecule has 0 radical (unpaired) electrons. The maximum absolute atomic E-state index is 8.55. The molecule has 0 saturated carbocycles. The molecule has 0 aliphatic heterocycles. The molecule has 0 aromatic heterocycles. The molecule has 0 bridgehead atoms. The summed E-state index contributed by atoms with van der Waals surface area (Å²) in [5, 5.41) is 8.55. The van der Waals surface area contributed by atoms with E-state index in [1.54, 1.807) is 35.5 Å². The van der Waals surface area contributed by atoms with E-state index in [2.05, 4.69) is 6.92 Å². The van der Waals surface area contributed by atoms with Gasteiger partial charge in [-0.1, -0.05) is 13.3 Å². The number of hydrogen-bond donors (Lipinski definition) is 1. The van der Waals surface area contributed by atoms with Crippen LogP contribution in [0.3, 0.4) is 0 Å². The van der Waals surface area contributed by atoms with Crippen LogP contribution in [0.1, 0.15) is 95.9 Å². The second-order valence-electron chi connectivity index (χ2n) is 13.3. The summed E-state index contributed by atoms with van der Waals surface area (Å²) in [7, 11) is 8.35. The van der Waals surface area contributed by atoms with E-state index in [9.17, 15) is 0 Å². The van der Waals surface area contributed by atoms with Gasteiger partial charge in [-0.2, -0.15) is 0 Å². The van der Waals surface area contributed by atoms with Crippen molar-refractivity contribution in [1.29, 1.82) is 0 Å². The zero-order valence-electron chi connectivity index (χ0n) is 34.8. The Hall–Kier alpha value is -0.480. The molecule has 0 heterocycles. The lowest BCUT2D eigenvalue weighted by Gasteiger charge is -2.23. The Labute approximate surface area is 302 Å². The summed E-state index contributed by atoms with van der Waals surface area (Å²) in [4.78, 5) is 0. The SMILES string of the molecule is CCCCOCC(C)OCC(C)OC.COC(C)COC(C)CO.COC(C)COC(C)COC(C)(C)C.COCC(C)OCC(C)OC. The maximum atomic E-state index is 8.55. The molecule has 49 heavy (non-hydrogen) atoms. The van der Waals surface area contributed by atoms with Crippen molar-refractivity contribution < 1.29 is 57.2 Å². The van der Waals surface area contributed by atoms with E-state index < -0.39 is 0 Å². The van der Waals surface area contributed by atoms with Crippen molar-refractivity contribution in [3.8, 4) is 0 Å². The molecular formula is C37H82O12. The van der Waals surface area contributed by atoms with Gasteiger partial charge in [0.25, 0.3) is 0 Å². The molecule has 8 atom stereocenters. The van der Waals surface area contributed by atoms with Crippen LogP contribution < -0.4 is 0 Å². The van der Waals surface area contributed by atoms with E-state index in [4.69, 9.17) is 57.2 Å². The summed E-state index contributed by atoms with van der Waals surface area (Å²) in [5.41, 5.74) is -0.0928. The molecule has 302 valence electrons. The minimum absolute atomic E-state index is 0.0659. The molecule has 0 amide bonds. The van der Waals surface area contributed by atoms with Gasteiger partial charge in [0.05, 0.1) is 107 Å². The zero-order chi connectivity index (χ0) is 38.7. The number of rotatable bonds is 26. The third-order valence-corrected chi connectivity index (χ3v) is 6.48. The third kappa shape index (κ3) is 49.7. The Balaban J connectivity index is -0.000000278. The molecule has 0 saturated heterocycles. The predicted molar refractivity (Wildman–Crippen MR) is 198 cm³/mol. The number of aliphatic hydroxyl groups is 1. The van der Waals surface area contributed by atoms with Crippen molar-refractivity contribution in [2.24, 2.45) is 0 Å². The van der Waals surface area contributed by atoms with Gasteiger partial charge in [0.1, 0.15) is 0 Å². The Morgan fingerprint density at radius 2 is 0.816 bits per heavy atom. The normalized spacial score (nSPS) is 16.3. The van der Waals surface area contributed by atoms with Crippen LogP contribution in [0.25, 0.3) is 0 Å². The molecule has 12 nitrogen and oxygen atoms in total. The fraction of sp³-hybridized carbons (Fsp3) is 1.00. The standard InChI is InChI=1S/2C11H24O3.C8H18O3.C7H16O3/c1-9(12-6)7-13-10(2)8-14-11(3,4)5;1-5-6-7-13-8-11(3)14-9-10(2)12-4;1-7(10-4)6-11-8(2)5-9-3;1-6(4-8)10-5-7(2)9-3/h9-10H,7-8H2,1-6H3;10-11H,5-9H2,1-4H3;7-8H,5-6H2,1-4H3;6-8H,4-5H2,1-3H3. The monoisotopic (exact) mass is 719 g/mol.